The number of thiol groups is 1. The number of aliphatic carboxylic acids is 1. The Morgan fingerprint density at radius 3 is 1.78 bits per heavy atom. The van der Waals surface area contributed by atoms with Crippen LogP contribution in [0.4, 0.5) is 0 Å². The molecule has 4 atom stereocenters. The minimum atomic E-state index is -1.51. The number of hydrogen-bond acceptors (Lipinski definition) is 8. The van der Waals surface area contributed by atoms with Crippen molar-refractivity contribution >= 4 is 48.1 Å². The molecule has 0 saturated heterocycles. The first kappa shape index (κ1) is 29.1. The molecule has 4 unspecified atom stereocenters. The molecule has 0 aromatic carbocycles. The van der Waals surface area contributed by atoms with Crippen molar-refractivity contribution in [1.82, 2.24) is 16.0 Å². The second-order valence-electron chi connectivity index (χ2n) is 7.62. The van der Waals surface area contributed by atoms with Gasteiger partial charge in [0.1, 0.15) is 18.1 Å². The number of hydrogen-bond donors (Lipinski definition) is 8. The SMILES string of the molecule is CC(C)CC(NC(=O)C(CC(N)=O)NC(=O)C(CCC(N)=O)NC(=O)C(N)CS)C(=O)O. The van der Waals surface area contributed by atoms with Crippen LogP contribution in [0.15, 0.2) is 0 Å². The van der Waals surface area contributed by atoms with E-state index in [-0.39, 0.29) is 30.9 Å². The smallest absolute Gasteiger partial charge is 0.326 e. The molecule has 0 rings (SSSR count). The Balaban J connectivity index is 5.53. The van der Waals surface area contributed by atoms with Gasteiger partial charge >= 0.3 is 5.97 Å². The van der Waals surface area contributed by atoms with E-state index in [0.29, 0.717) is 0 Å². The lowest BCUT2D eigenvalue weighted by molar-refractivity contribution is -0.143. The Bertz CT molecular complexity index is 718. The molecule has 13 nitrogen and oxygen atoms in total. The van der Waals surface area contributed by atoms with Crippen molar-refractivity contribution in [3.8, 4) is 0 Å². The number of carboxylic acid groups (broad SMARTS) is 1. The predicted octanol–water partition coefficient (Wildman–Crippen LogP) is -3.03. The van der Waals surface area contributed by atoms with Crippen molar-refractivity contribution < 1.29 is 33.9 Å². The molecule has 0 aliphatic carbocycles. The molecule has 0 bridgehead atoms. The number of carbonyl (C=O) groups is 6. The third-order valence-corrected chi connectivity index (χ3v) is 4.60. The van der Waals surface area contributed by atoms with Gasteiger partial charge in [-0.05, 0) is 18.8 Å². The summed E-state index contributed by atoms with van der Waals surface area (Å²) in [5, 5.41) is 16.2. The fraction of sp³-hybridized carbons (Fsp3) is 0.667. The van der Waals surface area contributed by atoms with Crippen molar-refractivity contribution in [2.75, 3.05) is 5.75 Å². The van der Waals surface area contributed by atoms with Crippen LogP contribution in [-0.4, -0.2) is 70.5 Å². The van der Waals surface area contributed by atoms with Crippen molar-refractivity contribution in [1.29, 1.82) is 0 Å². The molecule has 0 aromatic heterocycles. The maximum Gasteiger partial charge on any atom is 0.326 e. The summed E-state index contributed by atoms with van der Waals surface area (Å²) in [6.07, 6.45) is -0.992. The van der Waals surface area contributed by atoms with E-state index in [1.165, 1.54) is 0 Å². The van der Waals surface area contributed by atoms with Crippen LogP contribution in [0.5, 0.6) is 0 Å². The summed E-state index contributed by atoms with van der Waals surface area (Å²) >= 11 is 3.89. The number of rotatable bonds is 15. The third-order valence-electron chi connectivity index (χ3n) is 4.21. The van der Waals surface area contributed by atoms with E-state index in [1.54, 1.807) is 13.8 Å². The van der Waals surface area contributed by atoms with Crippen molar-refractivity contribution in [2.45, 2.75) is 63.7 Å². The van der Waals surface area contributed by atoms with Gasteiger partial charge in [0, 0.05) is 12.2 Å². The molecule has 32 heavy (non-hydrogen) atoms. The van der Waals surface area contributed by atoms with Crippen LogP contribution in [0.25, 0.3) is 0 Å². The minimum Gasteiger partial charge on any atom is -0.480 e. The van der Waals surface area contributed by atoms with E-state index < -0.39 is 66.1 Å². The van der Waals surface area contributed by atoms with Gasteiger partial charge in [-0.3, -0.25) is 24.0 Å². The number of carbonyl (C=O) groups excluding carboxylic acids is 5. The van der Waals surface area contributed by atoms with Gasteiger partial charge in [0.2, 0.25) is 29.5 Å². The van der Waals surface area contributed by atoms with Crippen molar-refractivity contribution in [3.05, 3.63) is 0 Å². The first-order valence-corrected chi connectivity index (χ1v) is 10.5. The molecular weight excluding hydrogens is 444 g/mol. The average molecular weight is 477 g/mol. The summed E-state index contributed by atoms with van der Waals surface area (Å²) in [6, 6.07) is -5.12. The molecule has 0 fully saturated rings. The summed E-state index contributed by atoms with van der Waals surface area (Å²) in [5.41, 5.74) is 15.8. The van der Waals surface area contributed by atoms with E-state index in [4.69, 9.17) is 17.2 Å². The molecule has 0 heterocycles. The number of nitrogens with one attached hydrogen (secondary N) is 3. The summed E-state index contributed by atoms with van der Waals surface area (Å²) in [4.78, 5) is 71.3. The second kappa shape index (κ2) is 14.2. The lowest BCUT2D eigenvalue weighted by Gasteiger charge is -2.24. The molecule has 0 aliphatic rings. The largest absolute Gasteiger partial charge is 0.480 e. The molecule has 10 N–H and O–H groups in total. The van der Waals surface area contributed by atoms with Gasteiger partial charge in [-0.2, -0.15) is 12.6 Å². The molecule has 0 spiro atoms. The van der Waals surface area contributed by atoms with Crippen molar-refractivity contribution in [2.24, 2.45) is 23.1 Å². The maximum atomic E-state index is 12.7. The fourth-order valence-corrected chi connectivity index (χ4v) is 2.73. The van der Waals surface area contributed by atoms with E-state index in [2.05, 4.69) is 28.6 Å². The van der Waals surface area contributed by atoms with Crippen LogP contribution < -0.4 is 33.2 Å². The molecule has 0 saturated carbocycles. The van der Waals surface area contributed by atoms with E-state index in [1.807, 2.05) is 0 Å². The molecule has 5 amide bonds. The summed E-state index contributed by atoms with van der Waals surface area (Å²) < 4.78 is 0. The summed E-state index contributed by atoms with van der Waals surface area (Å²) in [5.74, 6) is -5.64. The summed E-state index contributed by atoms with van der Waals surface area (Å²) in [6.45, 7) is 3.51. The van der Waals surface area contributed by atoms with Crippen LogP contribution in [0.2, 0.25) is 0 Å². The molecule has 0 aliphatic heterocycles. The van der Waals surface area contributed by atoms with Crippen LogP contribution >= 0.6 is 12.6 Å². The first-order chi connectivity index (χ1) is 14.8. The number of nitrogens with two attached hydrogens (primary N) is 3. The van der Waals surface area contributed by atoms with E-state index in [0.717, 1.165) is 0 Å². The highest BCUT2D eigenvalue weighted by Crippen LogP contribution is 2.07. The maximum absolute atomic E-state index is 12.7. The normalized spacial score (nSPS) is 14.5. The van der Waals surface area contributed by atoms with Gasteiger partial charge in [0.05, 0.1) is 12.5 Å². The van der Waals surface area contributed by atoms with Gasteiger partial charge in [-0.25, -0.2) is 4.79 Å². The number of carboxylic acids is 1. The van der Waals surface area contributed by atoms with E-state index in [9.17, 15) is 33.9 Å². The van der Waals surface area contributed by atoms with Crippen LogP contribution in [0.3, 0.4) is 0 Å². The lowest BCUT2D eigenvalue weighted by Crippen LogP contribution is -2.58. The first-order valence-electron chi connectivity index (χ1n) is 9.85. The Morgan fingerprint density at radius 1 is 0.844 bits per heavy atom. The molecule has 182 valence electrons. The Labute approximate surface area is 191 Å². The van der Waals surface area contributed by atoms with Gasteiger partial charge in [0.15, 0.2) is 0 Å². The molecule has 14 heteroatoms. The lowest BCUT2D eigenvalue weighted by atomic mass is 10.0. The van der Waals surface area contributed by atoms with Gasteiger partial charge in [-0.15, -0.1) is 0 Å². The zero-order valence-electron chi connectivity index (χ0n) is 18.0. The molecular formula is C18H32N6O7S. The van der Waals surface area contributed by atoms with Gasteiger partial charge in [0.25, 0.3) is 0 Å². The average Bonchev–Trinajstić information content (AvgIpc) is 2.67. The van der Waals surface area contributed by atoms with Crippen LogP contribution in [0.1, 0.15) is 39.5 Å². The zero-order valence-corrected chi connectivity index (χ0v) is 18.9. The minimum absolute atomic E-state index is 0.0187. The highest BCUT2D eigenvalue weighted by Gasteiger charge is 2.31. The van der Waals surface area contributed by atoms with Crippen LogP contribution in [0, 0.1) is 5.92 Å². The number of amides is 5. The van der Waals surface area contributed by atoms with Crippen LogP contribution in [-0.2, 0) is 28.8 Å². The third kappa shape index (κ3) is 11.5. The molecule has 0 aromatic rings. The Morgan fingerprint density at radius 2 is 1.34 bits per heavy atom. The van der Waals surface area contributed by atoms with Gasteiger partial charge in [-0.1, -0.05) is 13.8 Å². The monoisotopic (exact) mass is 476 g/mol. The number of primary amides is 2. The Hall–Kier alpha value is -2.87. The topological polar surface area (TPSA) is 237 Å². The standard InChI is InChI=1S/C18H32N6O7S/c1-8(2)5-12(18(30)31)24-17(29)11(6-14(21)26)23-16(28)10(3-4-13(20)25)22-15(27)9(19)7-32/h8-12,32H,3-7,19H2,1-2H3,(H2,20,25)(H2,21,26)(H,22,27)(H,23,28)(H,24,29)(H,30,31). The van der Waals surface area contributed by atoms with Gasteiger partial charge < -0.3 is 38.3 Å². The fourth-order valence-electron chi connectivity index (χ4n) is 2.57. The van der Waals surface area contributed by atoms with E-state index >= 15 is 0 Å². The summed E-state index contributed by atoms with van der Waals surface area (Å²) in [7, 11) is 0. The second-order valence-corrected chi connectivity index (χ2v) is 7.98. The Kier molecular flexibility index (Phi) is 13.0. The molecule has 0 radical (unpaired) electrons. The predicted molar refractivity (Wildman–Crippen MR) is 117 cm³/mol. The quantitative estimate of drug-likeness (QED) is 0.113. The van der Waals surface area contributed by atoms with Crippen molar-refractivity contribution in [3.63, 3.8) is 0 Å². The highest BCUT2D eigenvalue weighted by atomic mass is 32.1. The highest BCUT2D eigenvalue weighted by molar-refractivity contribution is 7.80. The zero-order chi connectivity index (χ0) is 25.0.